The molecule has 0 saturated carbocycles. The molecule has 2 bridgehead atoms. The van der Waals surface area contributed by atoms with Crippen molar-refractivity contribution in [3.05, 3.63) is 30.0 Å². The molecule has 0 aliphatic carbocycles. The molecule has 0 aromatic carbocycles. The Balaban J connectivity index is 1.62. The van der Waals surface area contributed by atoms with Gasteiger partial charge in [0, 0.05) is 6.04 Å². The molecule has 2 atom stereocenters. The van der Waals surface area contributed by atoms with Crippen molar-refractivity contribution in [3.8, 4) is 11.5 Å². The van der Waals surface area contributed by atoms with Gasteiger partial charge in [0.1, 0.15) is 5.69 Å². The van der Waals surface area contributed by atoms with Gasteiger partial charge >= 0.3 is 0 Å². The number of fused-ring (bicyclic) bond motifs is 2. The minimum Gasteiger partial charge on any atom is -0.348 e. The zero-order chi connectivity index (χ0) is 13.5. The lowest BCUT2D eigenvalue weighted by atomic mass is 10.1. The first kappa shape index (κ1) is 11.4. The summed E-state index contributed by atoms with van der Waals surface area (Å²) >= 11 is 0. The maximum Gasteiger partial charge on any atom is 0.271 e. The fourth-order valence-corrected chi connectivity index (χ4v) is 3.11. The lowest BCUT2D eigenvalue weighted by Gasteiger charge is -2.31. The van der Waals surface area contributed by atoms with Crippen molar-refractivity contribution in [1.82, 2.24) is 30.5 Å². The van der Waals surface area contributed by atoms with Crippen molar-refractivity contribution in [3.63, 3.8) is 0 Å². The molecular weight excluding hydrogens is 256 g/mol. The molecule has 102 valence electrons. The van der Waals surface area contributed by atoms with Gasteiger partial charge < -0.3 is 9.88 Å². The van der Waals surface area contributed by atoms with Crippen LogP contribution in [-0.4, -0.2) is 48.5 Å². The number of carbonyl (C=O) groups excluding carboxylic acids is 1. The van der Waals surface area contributed by atoms with Crippen molar-refractivity contribution in [2.75, 3.05) is 0 Å². The molecule has 1 saturated heterocycles. The molecule has 0 spiro atoms. The van der Waals surface area contributed by atoms with E-state index in [1.807, 2.05) is 4.90 Å². The van der Waals surface area contributed by atoms with E-state index in [1.165, 1.54) is 0 Å². The smallest absolute Gasteiger partial charge is 0.271 e. The number of nitrogens with one attached hydrogen (secondary N) is 2. The summed E-state index contributed by atoms with van der Waals surface area (Å²) in [5.74, 6) is 0.516. The van der Waals surface area contributed by atoms with Crippen LogP contribution in [0.4, 0.5) is 0 Å². The van der Waals surface area contributed by atoms with Crippen LogP contribution in [0, 0.1) is 0 Å². The Bertz CT molecular complexity index is 658. The summed E-state index contributed by atoms with van der Waals surface area (Å²) in [4.78, 5) is 17.7. The van der Waals surface area contributed by atoms with Crippen LogP contribution >= 0.6 is 0 Å². The fraction of sp³-hybridized carbons (Fsp3) is 0.385. The SMILES string of the molecule is O=C(c1ccc(-c2nn[nH]n2)[nH]1)N1C2C=CCC1CC2. The minimum absolute atomic E-state index is 0.0524. The van der Waals surface area contributed by atoms with Crippen LogP contribution in [0.1, 0.15) is 29.8 Å². The van der Waals surface area contributed by atoms with E-state index < -0.39 is 0 Å². The van der Waals surface area contributed by atoms with Gasteiger partial charge in [-0.3, -0.25) is 4.79 Å². The van der Waals surface area contributed by atoms with E-state index in [9.17, 15) is 4.79 Å². The van der Waals surface area contributed by atoms with Crippen molar-refractivity contribution in [2.45, 2.75) is 31.3 Å². The second-order valence-corrected chi connectivity index (χ2v) is 5.20. The Hall–Kier alpha value is -2.44. The van der Waals surface area contributed by atoms with Crippen LogP contribution in [0.15, 0.2) is 24.3 Å². The van der Waals surface area contributed by atoms with Crippen LogP contribution in [0.3, 0.4) is 0 Å². The Morgan fingerprint density at radius 1 is 1.35 bits per heavy atom. The first-order valence-corrected chi connectivity index (χ1v) is 6.75. The van der Waals surface area contributed by atoms with Gasteiger partial charge in [-0.1, -0.05) is 12.2 Å². The van der Waals surface area contributed by atoms with E-state index in [0.29, 0.717) is 23.3 Å². The van der Waals surface area contributed by atoms with E-state index >= 15 is 0 Å². The monoisotopic (exact) mass is 270 g/mol. The Morgan fingerprint density at radius 3 is 3.10 bits per heavy atom. The Labute approximate surface area is 115 Å². The van der Waals surface area contributed by atoms with E-state index in [0.717, 1.165) is 19.3 Å². The van der Waals surface area contributed by atoms with Crippen LogP contribution in [0.5, 0.6) is 0 Å². The number of aromatic nitrogens is 5. The lowest BCUT2D eigenvalue weighted by Crippen LogP contribution is -2.42. The number of rotatable bonds is 2. The third-order valence-electron chi connectivity index (χ3n) is 4.05. The number of hydrogen-bond acceptors (Lipinski definition) is 4. The van der Waals surface area contributed by atoms with Gasteiger partial charge in [-0.05, 0) is 36.6 Å². The molecular formula is C13H14N6O. The number of amides is 1. The van der Waals surface area contributed by atoms with Gasteiger partial charge in [0.25, 0.3) is 5.91 Å². The largest absolute Gasteiger partial charge is 0.348 e. The lowest BCUT2D eigenvalue weighted by molar-refractivity contribution is 0.0683. The summed E-state index contributed by atoms with van der Waals surface area (Å²) in [6.45, 7) is 0. The van der Waals surface area contributed by atoms with Crippen molar-refractivity contribution < 1.29 is 4.79 Å². The molecule has 2 N–H and O–H groups in total. The van der Waals surface area contributed by atoms with Crippen LogP contribution in [0.2, 0.25) is 0 Å². The van der Waals surface area contributed by atoms with E-state index in [1.54, 1.807) is 12.1 Å². The van der Waals surface area contributed by atoms with Crippen molar-refractivity contribution in [1.29, 1.82) is 0 Å². The number of aromatic amines is 2. The van der Waals surface area contributed by atoms with Gasteiger partial charge in [0.2, 0.25) is 5.82 Å². The number of nitrogens with zero attached hydrogens (tertiary/aromatic N) is 4. The summed E-state index contributed by atoms with van der Waals surface area (Å²) < 4.78 is 0. The fourth-order valence-electron chi connectivity index (χ4n) is 3.11. The topological polar surface area (TPSA) is 90.6 Å². The van der Waals surface area contributed by atoms with E-state index in [2.05, 4.69) is 37.8 Å². The van der Waals surface area contributed by atoms with Crippen molar-refractivity contribution in [2.24, 2.45) is 0 Å². The molecule has 4 rings (SSSR count). The zero-order valence-electron chi connectivity index (χ0n) is 10.8. The highest BCUT2D eigenvalue weighted by Gasteiger charge is 2.37. The van der Waals surface area contributed by atoms with Crippen LogP contribution < -0.4 is 0 Å². The first-order chi connectivity index (χ1) is 9.83. The highest BCUT2D eigenvalue weighted by Crippen LogP contribution is 2.32. The predicted octanol–water partition coefficient (Wildman–Crippen LogP) is 1.13. The molecule has 0 radical (unpaired) electrons. The minimum atomic E-state index is 0.0524. The molecule has 1 amide bonds. The number of tetrazole rings is 1. The molecule has 7 heteroatoms. The van der Waals surface area contributed by atoms with Crippen LogP contribution in [-0.2, 0) is 0 Å². The summed E-state index contributed by atoms with van der Waals surface area (Å²) in [6, 6.07) is 4.18. The number of hydrogen-bond donors (Lipinski definition) is 2. The standard InChI is InChI=1S/C13H14N6O/c20-13(19-8-2-1-3-9(19)5-4-8)11-7-6-10(14-11)12-15-17-18-16-12/h1-2,6-9,14H,3-5H2,(H,15,16,17,18). The predicted molar refractivity (Wildman–Crippen MR) is 70.7 cm³/mol. The third kappa shape index (κ3) is 1.66. The zero-order valence-corrected chi connectivity index (χ0v) is 10.8. The molecule has 1 fully saturated rings. The maximum atomic E-state index is 12.6. The number of carbonyl (C=O) groups is 1. The maximum absolute atomic E-state index is 12.6. The second-order valence-electron chi connectivity index (χ2n) is 5.20. The average molecular weight is 270 g/mol. The molecule has 7 nitrogen and oxygen atoms in total. The average Bonchev–Trinajstić information content (AvgIpc) is 3.17. The highest BCUT2D eigenvalue weighted by atomic mass is 16.2. The number of H-pyrrole nitrogens is 2. The van der Waals surface area contributed by atoms with Gasteiger partial charge in [-0.15, -0.1) is 10.2 Å². The van der Waals surface area contributed by atoms with E-state index in [-0.39, 0.29) is 11.9 Å². The summed E-state index contributed by atoms with van der Waals surface area (Å²) in [5.41, 5.74) is 1.28. The molecule has 2 aromatic heterocycles. The quantitative estimate of drug-likeness (QED) is 0.800. The highest BCUT2D eigenvalue weighted by molar-refractivity contribution is 5.94. The Morgan fingerprint density at radius 2 is 2.30 bits per heavy atom. The third-order valence-corrected chi connectivity index (χ3v) is 4.05. The second kappa shape index (κ2) is 4.29. The molecule has 2 aromatic rings. The molecule has 2 aliphatic rings. The van der Waals surface area contributed by atoms with Gasteiger partial charge in [-0.25, -0.2) is 0 Å². The van der Waals surface area contributed by atoms with Crippen molar-refractivity contribution >= 4 is 5.91 Å². The summed E-state index contributed by atoms with van der Waals surface area (Å²) in [6.07, 6.45) is 7.43. The van der Waals surface area contributed by atoms with Gasteiger partial charge in [0.05, 0.1) is 11.7 Å². The molecule has 2 unspecified atom stereocenters. The molecule has 4 heterocycles. The van der Waals surface area contributed by atoms with Gasteiger partial charge in [-0.2, -0.15) is 5.21 Å². The van der Waals surface area contributed by atoms with E-state index in [4.69, 9.17) is 0 Å². The molecule has 2 aliphatic heterocycles. The van der Waals surface area contributed by atoms with Crippen LogP contribution in [0.25, 0.3) is 11.5 Å². The van der Waals surface area contributed by atoms with Gasteiger partial charge in [0.15, 0.2) is 0 Å². The summed E-state index contributed by atoms with van der Waals surface area (Å²) in [5, 5.41) is 13.7. The first-order valence-electron chi connectivity index (χ1n) is 6.75. The normalized spacial score (nSPS) is 24.3. The summed E-state index contributed by atoms with van der Waals surface area (Å²) in [7, 11) is 0. The Kier molecular flexibility index (Phi) is 2.45. The molecule has 20 heavy (non-hydrogen) atoms.